The first-order valence-electron chi connectivity index (χ1n) is 6.63. The van der Waals surface area contributed by atoms with E-state index in [1.807, 2.05) is 27.7 Å². The number of rotatable bonds is 1. The van der Waals surface area contributed by atoms with Gasteiger partial charge in [-0.15, -0.1) is 0 Å². The van der Waals surface area contributed by atoms with E-state index in [-0.39, 0.29) is 18.3 Å². The highest BCUT2D eigenvalue weighted by atomic mass is 16.9. The molecule has 6 heteroatoms. The van der Waals surface area contributed by atoms with E-state index in [4.69, 9.17) is 28.4 Å². The zero-order valence-corrected chi connectivity index (χ0v) is 12.1. The van der Waals surface area contributed by atoms with Gasteiger partial charge in [0.05, 0.1) is 6.61 Å². The van der Waals surface area contributed by atoms with E-state index in [1.54, 1.807) is 7.11 Å². The van der Waals surface area contributed by atoms with Crippen molar-refractivity contribution in [2.75, 3.05) is 20.3 Å². The first-order chi connectivity index (χ1) is 8.77. The number of methoxy groups -OCH3 is 1. The van der Waals surface area contributed by atoms with Crippen molar-refractivity contribution in [3.8, 4) is 0 Å². The van der Waals surface area contributed by atoms with Crippen molar-refractivity contribution in [3.63, 3.8) is 0 Å². The molecule has 1 spiro atoms. The van der Waals surface area contributed by atoms with Crippen LogP contribution in [0.15, 0.2) is 0 Å². The van der Waals surface area contributed by atoms with Crippen LogP contribution in [0.4, 0.5) is 0 Å². The Morgan fingerprint density at radius 1 is 1.00 bits per heavy atom. The molecule has 0 saturated carbocycles. The topological polar surface area (TPSA) is 55.4 Å². The maximum absolute atomic E-state index is 5.95. The molecule has 0 bridgehead atoms. The summed E-state index contributed by atoms with van der Waals surface area (Å²) in [6.07, 6.45) is -0.737. The van der Waals surface area contributed by atoms with Gasteiger partial charge in [-0.25, -0.2) is 0 Å². The summed E-state index contributed by atoms with van der Waals surface area (Å²) in [5, 5.41) is 0. The molecule has 0 N–H and O–H groups in total. The van der Waals surface area contributed by atoms with Crippen molar-refractivity contribution in [3.05, 3.63) is 0 Å². The largest absolute Gasteiger partial charge is 0.373 e. The summed E-state index contributed by atoms with van der Waals surface area (Å²) in [6.45, 7) is 8.24. The van der Waals surface area contributed by atoms with Crippen molar-refractivity contribution in [1.82, 2.24) is 0 Å². The van der Waals surface area contributed by atoms with Gasteiger partial charge in [0, 0.05) is 7.11 Å². The van der Waals surface area contributed by atoms with Gasteiger partial charge >= 0.3 is 0 Å². The molecular weight excluding hydrogens is 252 g/mol. The van der Waals surface area contributed by atoms with Crippen molar-refractivity contribution in [2.24, 2.45) is 0 Å². The summed E-state index contributed by atoms with van der Waals surface area (Å²) in [6, 6.07) is 0. The summed E-state index contributed by atoms with van der Waals surface area (Å²) in [4.78, 5) is 0. The smallest absolute Gasteiger partial charge is 0.224 e. The monoisotopic (exact) mass is 274 g/mol. The molecule has 3 aliphatic rings. The van der Waals surface area contributed by atoms with E-state index in [0.717, 1.165) is 0 Å². The lowest BCUT2D eigenvalue weighted by Crippen LogP contribution is -2.62. The number of hydrogen-bond acceptors (Lipinski definition) is 6. The maximum Gasteiger partial charge on any atom is 0.224 e. The molecule has 110 valence electrons. The van der Waals surface area contributed by atoms with Gasteiger partial charge in [0.2, 0.25) is 5.79 Å². The van der Waals surface area contributed by atoms with Crippen LogP contribution in [-0.4, -0.2) is 56.0 Å². The van der Waals surface area contributed by atoms with Crippen LogP contribution < -0.4 is 0 Å². The summed E-state index contributed by atoms with van der Waals surface area (Å²) >= 11 is 0. The average Bonchev–Trinajstić information content (AvgIpc) is 2.75. The standard InChI is InChI=1S/C13H22O6/c1-11(2)16-7-13(19-11)10(14-5)9-8(6-15-13)17-12(3,4)18-9/h8-10H,6-7H2,1-5H3/t8-,9-,10+,13+/m1/s1. The zero-order valence-electron chi connectivity index (χ0n) is 12.1. The second-order valence-electron chi connectivity index (χ2n) is 6.21. The minimum atomic E-state index is -0.913. The van der Waals surface area contributed by atoms with Gasteiger partial charge in [-0.05, 0) is 27.7 Å². The molecular formula is C13H22O6. The lowest BCUT2D eigenvalue weighted by molar-refractivity contribution is -0.330. The Labute approximate surface area is 113 Å². The minimum absolute atomic E-state index is 0.141. The van der Waals surface area contributed by atoms with Gasteiger partial charge in [-0.1, -0.05) is 0 Å². The Balaban J connectivity index is 1.86. The number of fused-ring (bicyclic) bond motifs is 1. The van der Waals surface area contributed by atoms with Crippen LogP contribution in [0, 0.1) is 0 Å². The fraction of sp³-hybridized carbons (Fsp3) is 1.00. The Morgan fingerprint density at radius 3 is 2.32 bits per heavy atom. The molecule has 0 aromatic rings. The molecule has 3 heterocycles. The zero-order chi connectivity index (χ0) is 13.9. The van der Waals surface area contributed by atoms with E-state index < -0.39 is 17.4 Å². The Hall–Kier alpha value is -0.240. The summed E-state index contributed by atoms with van der Waals surface area (Å²) in [7, 11) is 1.63. The summed E-state index contributed by atoms with van der Waals surface area (Å²) in [5.41, 5.74) is 0. The lowest BCUT2D eigenvalue weighted by atomic mass is 9.97. The molecule has 0 amide bonds. The molecule has 4 atom stereocenters. The number of hydrogen-bond donors (Lipinski definition) is 0. The quantitative estimate of drug-likeness (QED) is 0.712. The predicted molar refractivity (Wildman–Crippen MR) is 64.4 cm³/mol. The van der Waals surface area contributed by atoms with Crippen LogP contribution >= 0.6 is 0 Å². The highest BCUT2D eigenvalue weighted by molar-refractivity contribution is 5.01. The van der Waals surface area contributed by atoms with Crippen molar-refractivity contribution in [1.29, 1.82) is 0 Å². The van der Waals surface area contributed by atoms with Crippen LogP contribution in [0.2, 0.25) is 0 Å². The van der Waals surface area contributed by atoms with E-state index in [1.165, 1.54) is 0 Å². The first-order valence-corrected chi connectivity index (χ1v) is 6.63. The average molecular weight is 274 g/mol. The molecule has 3 fully saturated rings. The second kappa shape index (κ2) is 4.13. The number of ether oxygens (including phenoxy) is 6. The van der Waals surface area contributed by atoms with Crippen molar-refractivity contribution >= 4 is 0 Å². The maximum atomic E-state index is 5.95. The second-order valence-corrected chi connectivity index (χ2v) is 6.21. The van der Waals surface area contributed by atoms with Gasteiger partial charge in [0.1, 0.15) is 24.9 Å². The van der Waals surface area contributed by atoms with Gasteiger partial charge in [-0.3, -0.25) is 0 Å². The third-order valence-corrected chi connectivity index (χ3v) is 3.74. The molecule has 6 nitrogen and oxygen atoms in total. The van der Waals surface area contributed by atoms with Crippen LogP contribution in [0.1, 0.15) is 27.7 Å². The molecule has 0 aliphatic carbocycles. The Morgan fingerprint density at radius 2 is 1.74 bits per heavy atom. The van der Waals surface area contributed by atoms with Gasteiger partial charge in [-0.2, -0.15) is 0 Å². The third kappa shape index (κ3) is 2.20. The molecule has 0 aromatic carbocycles. The highest BCUT2D eigenvalue weighted by Crippen LogP contribution is 2.44. The van der Waals surface area contributed by atoms with Crippen LogP contribution in [-0.2, 0) is 28.4 Å². The molecule has 19 heavy (non-hydrogen) atoms. The van der Waals surface area contributed by atoms with Crippen LogP contribution in [0.5, 0.6) is 0 Å². The van der Waals surface area contributed by atoms with Crippen LogP contribution in [0.3, 0.4) is 0 Å². The van der Waals surface area contributed by atoms with Crippen molar-refractivity contribution < 1.29 is 28.4 Å². The van der Waals surface area contributed by atoms with E-state index >= 15 is 0 Å². The van der Waals surface area contributed by atoms with Gasteiger partial charge in [0.15, 0.2) is 11.6 Å². The minimum Gasteiger partial charge on any atom is -0.373 e. The van der Waals surface area contributed by atoms with E-state index in [0.29, 0.717) is 13.2 Å². The molecule has 0 radical (unpaired) electrons. The molecule has 3 aliphatic heterocycles. The lowest BCUT2D eigenvalue weighted by Gasteiger charge is -2.43. The molecule has 0 aromatic heterocycles. The Kier molecular flexibility index (Phi) is 2.98. The fourth-order valence-corrected chi connectivity index (χ4v) is 3.08. The predicted octanol–water partition coefficient (Wildman–Crippen LogP) is 1.03. The highest BCUT2D eigenvalue weighted by Gasteiger charge is 2.62. The third-order valence-electron chi connectivity index (χ3n) is 3.74. The van der Waals surface area contributed by atoms with Crippen molar-refractivity contribution in [2.45, 2.75) is 63.4 Å². The van der Waals surface area contributed by atoms with Gasteiger partial charge in [0.25, 0.3) is 0 Å². The molecule has 3 saturated heterocycles. The molecule has 0 unspecified atom stereocenters. The van der Waals surface area contributed by atoms with Crippen LogP contribution in [0.25, 0.3) is 0 Å². The summed E-state index contributed by atoms with van der Waals surface area (Å²) in [5.74, 6) is -2.22. The fourth-order valence-electron chi connectivity index (χ4n) is 3.08. The first kappa shape index (κ1) is 13.7. The molecule has 3 rings (SSSR count). The normalized spacial score (nSPS) is 47.5. The van der Waals surface area contributed by atoms with Gasteiger partial charge < -0.3 is 28.4 Å². The summed E-state index contributed by atoms with van der Waals surface area (Å²) < 4.78 is 34.8. The Bertz CT molecular complexity index is 366. The van der Waals surface area contributed by atoms with E-state index in [9.17, 15) is 0 Å². The van der Waals surface area contributed by atoms with E-state index in [2.05, 4.69) is 0 Å². The SMILES string of the molecule is CO[C@H]1[C@@H]2OC(C)(C)O[C@@H]2CO[C@]12COC(C)(C)O2.